The Hall–Kier alpha value is -2.08. The molecule has 1 aromatic carbocycles. The van der Waals surface area contributed by atoms with Crippen molar-refractivity contribution in [2.75, 3.05) is 6.54 Å². The minimum atomic E-state index is -0.556. The molecule has 0 saturated carbocycles. The van der Waals surface area contributed by atoms with Crippen LogP contribution in [0.25, 0.3) is 0 Å². The molecular formula is C16H25N3O3. The fourth-order valence-electron chi connectivity index (χ4n) is 1.82. The summed E-state index contributed by atoms with van der Waals surface area (Å²) in [6, 6.07) is 7.80. The SMILES string of the molecule is Cc1cccc(CN(N)C(=O)CCNC(=O)OC(C)(C)C)c1. The van der Waals surface area contributed by atoms with Crippen LogP contribution in [-0.2, 0) is 16.1 Å². The number of aryl methyl sites for hydroxylation is 1. The second-order valence-electron chi connectivity index (χ2n) is 6.19. The number of hydrogen-bond acceptors (Lipinski definition) is 4. The van der Waals surface area contributed by atoms with Crippen LogP contribution in [0.3, 0.4) is 0 Å². The van der Waals surface area contributed by atoms with Crippen LogP contribution in [0.4, 0.5) is 4.79 Å². The highest BCUT2D eigenvalue weighted by Gasteiger charge is 2.16. The van der Waals surface area contributed by atoms with Crippen molar-refractivity contribution in [1.82, 2.24) is 10.3 Å². The Kier molecular flexibility index (Phi) is 6.37. The summed E-state index contributed by atoms with van der Waals surface area (Å²) in [6.07, 6.45) is -0.413. The number of alkyl carbamates (subject to hydrolysis) is 1. The molecule has 0 heterocycles. The van der Waals surface area contributed by atoms with E-state index in [-0.39, 0.29) is 18.9 Å². The van der Waals surface area contributed by atoms with Crippen molar-refractivity contribution in [1.29, 1.82) is 0 Å². The highest BCUT2D eigenvalue weighted by molar-refractivity contribution is 5.76. The summed E-state index contributed by atoms with van der Waals surface area (Å²) in [5, 5.41) is 3.69. The first-order valence-electron chi connectivity index (χ1n) is 7.25. The van der Waals surface area contributed by atoms with Gasteiger partial charge in [0.15, 0.2) is 0 Å². The molecule has 0 aliphatic rings. The zero-order valence-corrected chi connectivity index (χ0v) is 13.7. The van der Waals surface area contributed by atoms with Crippen LogP contribution < -0.4 is 11.2 Å². The molecule has 1 rings (SSSR count). The Morgan fingerprint density at radius 1 is 1.32 bits per heavy atom. The van der Waals surface area contributed by atoms with Gasteiger partial charge in [-0.25, -0.2) is 10.6 Å². The molecule has 3 N–H and O–H groups in total. The third-order valence-corrected chi connectivity index (χ3v) is 2.76. The first-order chi connectivity index (χ1) is 10.2. The fraction of sp³-hybridized carbons (Fsp3) is 0.500. The van der Waals surface area contributed by atoms with Crippen LogP contribution in [0.5, 0.6) is 0 Å². The van der Waals surface area contributed by atoms with E-state index in [0.717, 1.165) is 16.1 Å². The molecule has 1 aromatic rings. The first-order valence-corrected chi connectivity index (χ1v) is 7.25. The molecule has 6 nitrogen and oxygen atoms in total. The van der Waals surface area contributed by atoms with E-state index in [2.05, 4.69) is 5.32 Å². The zero-order valence-electron chi connectivity index (χ0n) is 13.7. The van der Waals surface area contributed by atoms with Gasteiger partial charge in [-0.15, -0.1) is 0 Å². The number of hydrazine groups is 1. The van der Waals surface area contributed by atoms with Crippen molar-refractivity contribution in [2.45, 2.75) is 46.3 Å². The number of benzene rings is 1. The van der Waals surface area contributed by atoms with Gasteiger partial charge in [0.25, 0.3) is 0 Å². The number of amides is 2. The summed E-state index contributed by atoms with van der Waals surface area (Å²) in [5.41, 5.74) is 1.53. The minimum Gasteiger partial charge on any atom is -0.444 e. The molecule has 0 aliphatic heterocycles. The van der Waals surface area contributed by atoms with Crippen molar-refractivity contribution in [3.8, 4) is 0 Å². The van der Waals surface area contributed by atoms with Gasteiger partial charge in [0, 0.05) is 13.0 Å². The van der Waals surface area contributed by atoms with Gasteiger partial charge in [0.2, 0.25) is 5.91 Å². The molecule has 0 bridgehead atoms. The van der Waals surface area contributed by atoms with E-state index in [1.54, 1.807) is 20.8 Å². The van der Waals surface area contributed by atoms with Crippen LogP contribution in [0.15, 0.2) is 24.3 Å². The predicted octanol–water partition coefficient (Wildman–Crippen LogP) is 2.11. The van der Waals surface area contributed by atoms with Crippen LogP contribution in [0, 0.1) is 6.92 Å². The van der Waals surface area contributed by atoms with E-state index in [0.29, 0.717) is 6.54 Å². The normalized spacial score (nSPS) is 11.0. The summed E-state index contributed by atoms with van der Waals surface area (Å²) in [7, 11) is 0. The molecule has 122 valence electrons. The van der Waals surface area contributed by atoms with E-state index in [4.69, 9.17) is 10.6 Å². The van der Waals surface area contributed by atoms with E-state index >= 15 is 0 Å². The molecule has 0 spiro atoms. The quantitative estimate of drug-likeness (QED) is 0.496. The third-order valence-electron chi connectivity index (χ3n) is 2.76. The van der Waals surface area contributed by atoms with E-state index in [9.17, 15) is 9.59 Å². The molecule has 22 heavy (non-hydrogen) atoms. The molecule has 2 amide bonds. The van der Waals surface area contributed by atoms with Gasteiger partial charge in [0.05, 0.1) is 6.54 Å². The Morgan fingerprint density at radius 2 is 2.00 bits per heavy atom. The van der Waals surface area contributed by atoms with E-state index in [1.807, 2.05) is 31.2 Å². The maximum absolute atomic E-state index is 11.9. The number of carbonyl (C=O) groups is 2. The molecule has 0 aliphatic carbocycles. The number of ether oxygens (including phenoxy) is 1. The average Bonchev–Trinajstić information content (AvgIpc) is 2.36. The Morgan fingerprint density at radius 3 is 2.59 bits per heavy atom. The lowest BCUT2D eigenvalue weighted by molar-refractivity contribution is -0.132. The van der Waals surface area contributed by atoms with Crippen molar-refractivity contribution < 1.29 is 14.3 Å². The number of nitrogens with zero attached hydrogens (tertiary/aromatic N) is 1. The standard InChI is InChI=1S/C16H25N3O3/c1-12-6-5-7-13(10-12)11-19(17)14(20)8-9-18-15(21)22-16(2,3)4/h5-7,10H,8-9,11,17H2,1-4H3,(H,18,21). The van der Waals surface area contributed by atoms with Crippen molar-refractivity contribution in [3.05, 3.63) is 35.4 Å². The highest BCUT2D eigenvalue weighted by Crippen LogP contribution is 2.07. The van der Waals surface area contributed by atoms with Gasteiger partial charge in [-0.2, -0.15) is 0 Å². The lowest BCUT2D eigenvalue weighted by Gasteiger charge is -2.20. The number of rotatable bonds is 5. The third kappa shape index (κ3) is 7.08. The molecule has 0 unspecified atom stereocenters. The smallest absolute Gasteiger partial charge is 0.407 e. The van der Waals surface area contributed by atoms with Crippen molar-refractivity contribution in [3.63, 3.8) is 0 Å². The molecule has 6 heteroatoms. The summed E-state index contributed by atoms with van der Waals surface area (Å²) in [5.74, 6) is 5.52. The number of hydrogen-bond donors (Lipinski definition) is 2. The van der Waals surface area contributed by atoms with Gasteiger partial charge in [-0.1, -0.05) is 29.8 Å². The van der Waals surface area contributed by atoms with E-state index in [1.165, 1.54) is 0 Å². The van der Waals surface area contributed by atoms with Gasteiger partial charge in [-0.05, 0) is 33.3 Å². The lowest BCUT2D eigenvalue weighted by atomic mass is 10.1. The van der Waals surface area contributed by atoms with Gasteiger partial charge in [-0.3, -0.25) is 9.80 Å². The lowest BCUT2D eigenvalue weighted by Crippen LogP contribution is -2.39. The second kappa shape index (κ2) is 7.79. The van der Waals surface area contributed by atoms with Crippen molar-refractivity contribution >= 4 is 12.0 Å². The highest BCUT2D eigenvalue weighted by atomic mass is 16.6. The summed E-state index contributed by atoms with van der Waals surface area (Å²) >= 11 is 0. The zero-order chi connectivity index (χ0) is 16.8. The number of nitrogens with one attached hydrogen (secondary N) is 1. The Labute approximate surface area is 131 Å². The van der Waals surface area contributed by atoms with Crippen LogP contribution in [0.2, 0.25) is 0 Å². The maximum atomic E-state index is 11.9. The van der Waals surface area contributed by atoms with Crippen LogP contribution >= 0.6 is 0 Å². The predicted molar refractivity (Wildman–Crippen MR) is 84.8 cm³/mol. The molecular weight excluding hydrogens is 282 g/mol. The monoisotopic (exact) mass is 307 g/mol. The molecule has 0 saturated heterocycles. The first kappa shape index (κ1) is 18.0. The molecule has 0 radical (unpaired) electrons. The topological polar surface area (TPSA) is 84.7 Å². The number of carbonyl (C=O) groups excluding carboxylic acids is 2. The van der Waals surface area contributed by atoms with E-state index < -0.39 is 11.7 Å². The fourth-order valence-corrected chi connectivity index (χ4v) is 1.82. The van der Waals surface area contributed by atoms with Gasteiger partial charge < -0.3 is 10.1 Å². The Balaban J connectivity index is 2.34. The van der Waals surface area contributed by atoms with Crippen LogP contribution in [0.1, 0.15) is 38.3 Å². The summed E-state index contributed by atoms with van der Waals surface area (Å²) < 4.78 is 5.08. The van der Waals surface area contributed by atoms with Gasteiger partial charge >= 0.3 is 6.09 Å². The average molecular weight is 307 g/mol. The number of nitrogens with two attached hydrogens (primary N) is 1. The largest absolute Gasteiger partial charge is 0.444 e. The maximum Gasteiger partial charge on any atom is 0.407 e. The second-order valence-corrected chi connectivity index (χ2v) is 6.19. The van der Waals surface area contributed by atoms with Crippen molar-refractivity contribution in [2.24, 2.45) is 5.84 Å². The molecule has 0 aromatic heterocycles. The van der Waals surface area contributed by atoms with Gasteiger partial charge in [0.1, 0.15) is 5.60 Å². The molecule has 0 fully saturated rings. The minimum absolute atomic E-state index is 0.127. The molecule has 0 atom stereocenters. The summed E-state index contributed by atoms with van der Waals surface area (Å²) in [4.78, 5) is 23.4. The van der Waals surface area contributed by atoms with Crippen LogP contribution in [-0.4, -0.2) is 29.2 Å². The Bertz CT molecular complexity index is 524. The summed E-state index contributed by atoms with van der Waals surface area (Å²) in [6.45, 7) is 7.85.